The molecule has 1 aromatic carbocycles. The van der Waals surface area contributed by atoms with Crippen LogP contribution in [0.1, 0.15) is 10.4 Å². The predicted octanol–water partition coefficient (Wildman–Crippen LogP) is 3.18. The highest BCUT2D eigenvalue weighted by atomic mass is 35.5. The lowest BCUT2D eigenvalue weighted by Crippen LogP contribution is -2.13. The van der Waals surface area contributed by atoms with Crippen LogP contribution in [0.2, 0.25) is 10.4 Å². The van der Waals surface area contributed by atoms with Crippen molar-refractivity contribution < 1.29 is 13.9 Å². The van der Waals surface area contributed by atoms with E-state index >= 15 is 0 Å². The number of ether oxygens (including phenoxy) is 1. The van der Waals surface area contributed by atoms with Crippen LogP contribution in [0.15, 0.2) is 24.3 Å². The van der Waals surface area contributed by atoms with Crippen molar-refractivity contribution in [1.82, 2.24) is 9.97 Å². The third-order valence-electron chi connectivity index (χ3n) is 2.32. The van der Waals surface area contributed by atoms with Gasteiger partial charge in [0.05, 0.1) is 7.11 Å². The van der Waals surface area contributed by atoms with Gasteiger partial charge in [-0.1, -0.05) is 11.6 Å². The maximum atomic E-state index is 13.3. The van der Waals surface area contributed by atoms with Crippen molar-refractivity contribution >= 4 is 34.9 Å². The number of hydrogen-bond acceptors (Lipinski definition) is 4. The van der Waals surface area contributed by atoms with Crippen LogP contribution >= 0.6 is 23.2 Å². The van der Waals surface area contributed by atoms with Crippen molar-refractivity contribution in [2.75, 3.05) is 12.4 Å². The fourth-order valence-electron chi connectivity index (χ4n) is 1.44. The van der Waals surface area contributed by atoms with E-state index in [2.05, 4.69) is 15.3 Å². The summed E-state index contributed by atoms with van der Waals surface area (Å²) in [4.78, 5) is 19.4. The van der Waals surface area contributed by atoms with Crippen LogP contribution in [0.5, 0.6) is 5.75 Å². The van der Waals surface area contributed by atoms with Gasteiger partial charge in [-0.25, -0.2) is 14.4 Å². The van der Waals surface area contributed by atoms with E-state index in [4.69, 9.17) is 27.9 Å². The lowest BCUT2D eigenvalue weighted by Gasteiger charge is -2.07. The monoisotopic (exact) mass is 315 g/mol. The Bertz CT molecular complexity index is 647. The number of aromatic nitrogens is 2. The Kier molecular flexibility index (Phi) is 4.36. The summed E-state index contributed by atoms with van der Waals surface area (Å²) >= 11 is 11.3. The molecule has 0 aliphatic heterocycles. The second kappa shape index (κ2) is 6.02. The van der Waals surface area contributed by atoms with Gasteiger partial charge in [0.1, 0.15) is 11.0 Å². The van der Waals surface area contributed by atoms with Crippen molar-refractivity contribution in [1.29, 1.82) is 0 Å². The Balaban J connectivity index is 2.23. The fraction of sp³-hybridized carbons (Fsp3) is 0.0833. The van der Waals surface area contributed by atoms with Crippen molar-refractivity contribution in [3.63, 3.8) is 0 Å². The minimum absolute atomic E-state index is 0.0311. The van der Waals surface area contributed by atoms with Crippen LogP contribution in [0.25, 0.3) is 0 Å². The van der Waals surface area contributed by atoms with Gasteiger partial charge >= 0.3 is 0 Å². The summed E-state index contributed by atoms with van der Waals surface area (Å²) in [6.45, 7) is 0. The molecule has 1 aromatic heterocycles. The summed E-state index contributed by atoms with van der Waals surface area (Å²) in [5.41, 5.74) is 0.203. The number of benzene rings is 1. The maximum Gasteiger partial charge on any atom is 0.256 e. The number of anilines is 1. The van der Waals surface area contributed by atoms with Gasteiger partial charge in [0, 0.05) is 11.6 Å². The van der Waals surface area contributed by atoms with Crippen molar-refractivity contribution in [3.05, 3.63) is 46.1 Å². The highest BCUT2D eigenvalue weighted by molar-refractivity contribution is 6.32. The number of methoxy groups -OCH3 is 1. The van der Waals surface area contributed by atoms with Crippen LogP contribution < -0.4 is 10.1 Å². The molecule has 0 saturated carbocycles. The third kappa shape index (κ3) is 3.34. The highest BCUT2D eigenvalue weighted by Crippen LogP contribution is 2.20. The maximum absolute atomic E-state index is 13.3. The van der Waals surface area contributed by atoms with Gasteiger partial charge in [-0.3, -0.25) is 4.79 Å². The quantitative estimate of drug-likeness (QED) is 0.698. The fourth-order valence-corrected chi connectivity index (χ4v) is 1.85. The molecular weight excluding hydrogens is 308 g/mol. The van der Waals surface area contributed by atoms with E-state index in [1.165, 1.54) is 25.3 Å². The van der Waals surface area contributed by atoms with Crippen LogP contribution in [0, 0.1) is 5.82 Å². The van der Waals surface area contributed by atoms with Gasteiger partial charge in [0.2, 0.25) is 5.28 Å². The van der Waals surface area contributed by atoms with Gasteiger partial charge in [-0.2, -0.15) is 0 Å². The van der Waals surface area contributed by atoms with Gasteiger partial charge in [-0.15, -0.1) is 0 Å². The summed E-state index contributed by atoms with van der Waals surface area (Å²) in [6.07, 6.45) is 0. The number of carbonyl (C=O) groups excluding carboxylic acids is 1. The number of nitrogens with one attached hydrogen (secondary N) is 1. The van der Waals surface area contributed by atoms with E-state index in [0.29, 0.717) is 0 Å². The predicted molar refractivity (Wildman–Crippen MR) is 73.0 cm³/mol. The molecule has 0 aliphatic carbocycles. The molecule has 0 saturated heterocycles. The summed E-state index contributed by atoms with van der Waals surface area (Å²) < 4.78 is 18.1. The molecule has 20 heavy (non-hydrogen) atoms. The molecule has 1 amide bonds. The number of nitrogens with zero attached hydrogens (tertiary/aromatic N) is 2. The van der Waals surface area contributed by atoms with Crippen molar-refractivity contribution in [3.8, 4) is 5.75 Å². The zero-order chi connectivity index (χ0) is 14.7. The molecule has 0 spiro atoms. The molecule has 0 radical (unpaired) electrons. The Morgan fingerprint density at radius 2 is 2.05 bits per heavy atom. The molecule has 8 heteroatoms. The molecule has 104 valence electrons. The minimum Gasteiger partial charge on any atom is -0.494 e. The van der Waals surface area contributed by atoms with E-state index in [-0.39, 0.29) is 27.6 Å². The van der Waals surface area contributed by atoms with Gasteiger partial charge < -0.3 is 10.1 Å². The molecule has 1 N–H and O–H groups in total. The summed E-state index contributed by atoms with van der Waals surface area (Å²) in [7, 11) is 1.31. The molecule has 5 nitrogen and oxygen atoms in total. The summed E-state index contributed by atoms with van der Waals surface area (Å²) in [6, 6.07) is 5.06. The lowest BCUT2D eigenvalue weighted by molar-refractivity contribution is 0.102. The molecule has 2 rings (SSSR count). The van der Waals surface area contributed by atoms with E-state index in [0.717, 1.165) is 6.07 Å². The molecule has 0 unspecified atom stereocenters. The first-order valence-corrected chi connectivity index (χ1v) is 6.10. The zero-order valence-electron chi connectivity index (χ0n) is 10.2. The van der Waals surface area contributed by atoms with Gasteiger partial charge in [0.15, 0.2) is 11.6 Å². The van der Waals surface area contributed by atoms with Gasteiger partial charge in [0.25, 0.3) is 5.91 Å². The Hall–Kier alpha value is -1.92. The van der Waals surface area contributed by atoms with E-state index in [1.807, 2.05) is 0 Å². The van der Waals surface area contributed by atoms with Crippen molar-refractivity contribution in [2.45, 2.75) is 0 Å². The molecule has 1 heterocycles. The SMILES string of the molecule is COc1cc(C(=O)Nc2cc(Cl)nc(Cl)n2)ccc1F. The average molecular weight is 316 g/mol. The third-order valence-corrected chi connectivity index (χ3v) is 2.69. The first-order valence-electron chi connectivity index (χ1n) is 5.34. The molecule has 0 aliphatic rings. The minimum atomic E-state index is -0.558. The van der Waals surface area contributed by atoms with E-state index in [1.54, 1.807) is 0 Å². The average Bonchev–Trinajstić information content (AvgIpc) is 2.37. The first kappa shape index (κ1) is 14.5. The largest absolute Gasteiger partial charge is 0.494 e. The van der Waals surface area contributed by atoms with Gasteiger partial charge in [-0.05, 0) is 29.8 Å². The van der Waals surface area contributed by atoms with E-state index < -0.39 is 11.7 Å². The van der Waals surface area contributed by atoms with Crippen LogP contribution in [-0.4, -0.2) is 23.0 Å². The van der Waals surface area contributed by atoms with Crippen LogP contribution in [0.3, 0.4) is 0 Å². The van der Waals surface area contributed by atoms with Crippen LogP contribution in [0.4, 0.5) is 10.2 Å². The summed E-state index contributed by atoms with van der Waals surface area (Å²) in [5.74, 6) is -0.953. The molecule has 0 bridgehead atoms. The van der Waals surface area contributed by atoms with Crippen LogP contribution in [-0.2, 0) is 0 Å². The molecule has 2 aromatic rings. The molecule has 0 fully saturated rings. The topological polar surface area (TPSA) is 64.1 Å². The normalized spacial score (nSPS) is 10.2. The second-order valence-corrected chi connectivity index (χ2v) is 4.37. The van der Waals surface area contributed by atoms with E-state index in [9.17, 15) is 9.18 Å². The smallest absolute Gasteiger partial charge is 0.256 e. The molecular formula is C12H8Cl2FN3O2. The highest BCUT2D eigenvalue weighted by Gasteiger charge is 2.12. The molecule has 0 atom stereocenters. The number of amides is 1. The second-order valence-electron chi connectivity index (χ2n) is 3.65. The Labute approximate surface area is 123 Å². The zero-order valence-corrected chi connectivity index (χ0v) is 11.7. The summed E-state index contributed by atoms with van der Waals surface area (Å²) in [5, 5.41) is 2.48. The van der Waals surface area contributed by atoms with Crippen molar-refractivity contribution in [2.24, 2.45) is 0 Å². The lowest BCUT2D eigenvalue weighted by atomic mass is 10.2. The Morgan fingerprint density at radius 3 is 2.70 bits per heavy atom. The number of hydrogen-bond donors (Lipinski definition) is 1. The standard InChI is InChI=1S/C12H8Cl2FN3O2/c1-20-8-4-6(2-3-7(8)15)11(19)17-10-5-9(13)16-12(14)18-10/h2-5H,1H3,(H,16,17,18,19). The number of carbonyl (C=O) groups is 1. The number of halogens is 3. The Morgan fingerprint density at radius 1 is 1.30 bits per heavy atom. The first-order chi connectivity index (χ1) is 9.49. The number of rotatable bonds is 3.